The molecule has 0 radical (unpaired) electrons. The SMILES string of the molecule is CNC1CCC(c2ccnc(C)c2C)CC1.N. The first kappa shape index (κ1) is 14.1. The molecule has 3 nitrogen and oxygen atoms in total. The molecule has 0 unspecified atom stereocenters. The number of aryl methyl sites for hydroxylation is 1. The zero-order chi connectivity index (χ0) is 11.5. The Labute approximate surface area is 105 Å². The Morgan fingerprint density at radius 3 is 2.41 bits per heavy atom. The monoisotopic (exact) mass is 235 g/mol. The molecule has 1 heterocycles. The van der Waals surface area contributed by atoms with E-state index in [0.29, 0.717) is 0 Å². The molecule has 4 N–H and O–H groups in total. The van der Waals surface area contributed by atoms with Crippen molar-refractivity contribution in [3.8, 4) is 0 Å². The summed E-state index contributed by atoms with van der Waals surface area (Å²) in [6, 6.07) is 2.95. The number of nitrogens with zero attached hydrogens (tertiary/aromatic N) is 1. The summed E-state index contributed by atoms with van der Waals surface area (Å²) >= 11 is 0. The molecule has 1 saturated carbocycles. The van der Waals surface area contributed by atoms with E-state index in [1.165, 1.54) is 42.5 Å². The predicted octanol–water partition coefficient (Wildman–Crippen LogP) is 3.11. The molecule has 0 aliphatic heterocycles. The van der Waals surface area contributed by atoms with Crippen LogP contribution in [-0.2, 0) is 0 Å². The highest BCUT2D eigenvalue weighted by molar-refractivity contribution is 5.31. The Morgan fingerprint density at radius 2 is 1.82 bits per heavy atom. The number of hydrogen-bond acceptors (Lipinski definition) is 3. The number of rotatable bonds is 2. The van der Waals surface area contributed by atoms with Gasteiger partial charge in [-0.05, 0) is 69.7 Å². The predicted molar refractivity (Wildman–Crippen MR) is 72.8 cm³/mol. The van der Waals surface area contributed by atoms with Gasteiger partial charge in [-0.15, -0.1) is 0 Å². The van der Waals surface area contributed by atoms with Crippen LogP contribution in [0.4, 0.5) is 0 Å². The van der Waals surface area contributed by atoms with E-state index in [2.05, 4.69) is 37.3 Å². The fourth-order valence-corrected chi connectivity index (χ4v) is 2.80. The van der Waals surface area contributed by atoms with Crippen LogP contribution in [0.2, 0.25) is 0 Å². The van der Waals surface area contributed by atoms with Crippen LogP contribution in [0, 0.1) is 13.8 Å². The van der Waals surface area contributed by atoms with E-state index < -0.39 is 0 Å². The summed E-state index contributed by atoms with van der Waals surface area (Å²) in [6.45, 7) is 4.32. The van der Waals surface area contributed by atoms with Crippen LogP contribution < -0.4 is 11.5 Å². The van der Waals surface area contributed by atoms with Crippen molar-refractivity contribution in [2.24, 2.45) is 0 Å². The van der Waals surface area contributed by atoms with Gasteiger partial charge in [0.05, 0.1) is 0 Å². The highest BCUT2D eigenvalue weighted by Crippen LogP contribution is 2.34. The zero-order valence-corrected chi connectivity index (χ0v) is 11.3. The van der Waals surface area contributed by atoms with Crippen LogP contribution >= 0.6 is 0 Å². The van der Waals surface area contributed by atoms with Crippen molar-refractivity contribution in [1.82, 2.24) is 16.5 Å². The van der Waals surface area contributed by atoms with Gasteiger partial charge >= 0.3 is 0 Å². The Bertz CT molecular complexity index is 354. The van der Waals surface area contributed by atoms with Crippen LogP contribution in [0.15, 0.2) is 12.3 Å². The minimum absolute atomic E-state index is 0. The van der Waals surface area contributed by atoms with Crippen LogP contribution in [0.1, 0.15) is 48.4 Å². The number of nitrogens with one attached hydrogen (secondary N) is 1. The van der Waals surface area contributed by atoms with Crippen molar-refractivity contribution in [3.05, 3.63) is 29.1 Å². The quantitative estimate of drug-likeness (QED) is 0.828. The lowest BCUT2D eigenvalue weighted by molar-refractivity contribution is 0.358. The van der Waals surface area contributed by atoms with Crippen LogP contribution in [-0.4, -0.2) is 18.1 Å². The maximum atomic E-state index is 4.35. The normalized spacial score (nSPS) is 24.2. The van der Waals surface area contributed by atoms with Crippen LogP contribution in [0.25, 0.3) is 0 Å². The van der Waals surface area contributed by atoms with Gasteiger partial charge in [0, 0.05) is 17.9 Å². The van der Waals surface area contributed by atoms with Gasteiger partial charge in [-0.1, -0.05) is 0 Å². The molecule has 0 atom stereocenters. The summed E-state index contributed by atoms with van der Waals surface area (Å²) in [6.07, 6.45) is 7.21. The van der Waals surface area contributed by atoms with Gasteiger partial charge in [0.1, 0.15) is 0 Å². The molecule has 0 spiro atoms. The molecule has 96 valence electrons. The summed E-state index contributed by atoms with van der Waals surface area (Å²) in [4.78, 5) is 4.35. The Morgan fingerprint density at radius 1 is 1.18 bits per heavy atom. The number of hydrogen-bond donors (Lipinski definition) is 2. The summed E-state index contributed by atoms with van der Waals surface area (Å²) in [5, 5.41) is 3.39. The minimum Gasteiger partial charge on any atom is -0.344 e. The van der Waals surface area contributed by atoms with Gasteiger partial charge in [-0.25, -0.2) is 0 Å². The molecule has 1 aliphatic rings. The Balaban J connectivity index is 0.00000144. The molecule has 1 aromatic heterocycles. The molecule has 17 heavy (non-hydrogen) atoms. The molecular formula is C14H25N3. The third-order valence-electron chi connectivity index (χ3n) is 4.07. The topological polar surface area (TPSA) is 59.9 Å². The molecule has 0 amide bonds. The third-order valence-corrected chi connectivity index (χ3v) is 4.07. The average Bonchev–Trinajstić information content (AvgIpc) is 2.33. The first-order valence-electron chi connectivity index (χ1n) is 6.31. The summed E-state index contributed by atoms with van der Waals surface area (Å²) in [7, 11) is 2.08. The minimum atomic E-state index is 0. The zero-order valence-electron chi connectivity index (χ0n) is 11.3. The van der Waals surface area contributed by atoms with Crippen LogP contribution in [0.5, 0.6) is 0 Å². The molecule has 1 aromatic rings. The number of pyridine rings is 1. The second-order valence-electron chi connectivity index (χ2n) is 4.95. The van der Waals surface area contributed by atoms with Gasteiger partial charge in [0.2, 0.25) is 0 Å². The number of aromatic nitrogens is 1. The fraction of sp³-hybridized carbons (Fsp3) is 0.643. The van der Waals surface area contributed by atoms with Crippen molar-refractivity contribution in [2.75, 3.05) is 7.05 Å². The maximum absolute atomic E-state index is 4.35. The van der Waals surface area contributed by atoms with E-state index in [1.807, 2.05) is 6.20 Å². The first-order valence-corrected chi connectivity index (χ1v) is 6.31. The molecular weight excluding hydrogens is 210 g/mol. The summed E-state index contributed by atoms with van der Waals surface area (Å²) in [5.41, 5.74) is 4.12. The highest BCUT2D eigenvalue weighted by atomic mass is 14.9. The average molecular weight is 235 g/mol. The van der Waals surface area contributed by atoms with E-state index >= 15 is 0 Å². The van der Waals surface area contributed by atoms with Crippen LogP contribution in [0.3, 0.4) is 0 Å². The van der Waals surface area contributed by atoms with E-state index in [9.17, 15) is 0 Å². The molecule has 2 rings (SSSR count). The molecule has 1 fully saturated rings. The molecule has 0 saturated heterocycles. The van der Waals surface area contributed by atoms with E-state index in [1.54, 1.807) is 0 Å². The van der Waals surface area contributed by atoms with Crippen molar-refractivity contribution in [1.29, 1.82) is 0 Å². The maximum Gasteiger partial charge on any atom is 0.0404 e. The Hall–Kier alpha value is -0.930. The lowest BCUT2D eigenvalue weighted by Gasteiger charge is -2.29. The van der Waals surface area contributed by atoms with E-state index in [4.69, 9.17) is 0 Å². The van der Waals surface area contributed by atoms with E-state index in [-0.39, 0.29) is 6.15 Å². The highest BCUT2D eigenvalue weighted by Gasteiger charge is 2.22. The van der Waals surface area contributed by atoms with Gasteiger partial charge < -0.3 is 11.5 Å². The van der Waals surface area contributed by atoms with Crippen molar-refractivity contribution in [2.45, 2.75) is 51.5 Å². The summed E-state index contributed by atoms with van der Waals surface area (Å²) < 4.78 is 0. The summed E-state index contributed by atoms with van der Waals surface area (Å²) in [5.74, 6) is 0.756. The second kappa shape index (κ2) is 6.12. The molecule has 0 bridgehead atoms. The standard InChI is InChI=1S/C14H22N2.H3N/c1-10-11(2)16-9-8-14(10)12-4-6-13(15-3)7-5-12;/h8-9,12-13,15H,4-7H2,1-3H3;1H3. The lowest BCUT2D eigenvalue weighted by atomic mass is 9.80. The van der Waals surface area contributed by atoms with Gasteiger partial charge in [-0.2, -0.15) is 0 Å². The van der Waals surface area contributed by atoms with Gasteiger partial charge in [-0.3, -0.25) is 4.98 Å². The van der Waals surface area contributed by atoms with Crippen molar-refractivity contribution < 1.29 is 0 Å². The van der Waals surface area contributed by atoms with Gasteiger partial charge in [0.15, 0.2) is 0 Å². The lowest BCUT2D eigenvalue weighted by Crippen LogP contribution is -2.29. The largest absolute Gasteiger partial charge is 0.344 e. The Kier molecular flexibility index (Phi) is 5.09. The van der Waals surface area contributed by atoms with E-state index in [0.717, 1.165) is 12.0 Å². The fourth-order valence-electron chi connectivity index (χ4n) is 2.80. The first-order chi connectivity index (χ1) is 7.72. The molecule has 1 aliphatic carbocycles. The molecule has 3 heteroatoms. The third kappa shape index (κ3) is 3.05. The van der Waals surface area contributed by atoms with Crippen molar-refractivity contribution >= 4 is 0 Å². The smallest absolute Gasteiger partial charge is 0.0404 e. The van der Waals surface area contributed by atoms with Gasteiger partial charge in [0.25, 0.3) is 0 Å². The van der Waals surface area contributed by atoms with Crippen molar-refractivity contribution in [3.63, 3.8) is 0 Å². The molecule has 0 aromatic carbocycles. The second-order valence-corrected chi connectivity index (χ2v) is 4.95.